The molecule has 1 heterocycles. The number of nitro benzene ring substituents is 1. The lowest BCUT2D eigenvalue weighted by Crippen LogP contribution is -2.48. The molecule has 2 aromatic carbocycles. The molecule has 1 aliphatic heterocycles. The zero-order chi connectivity index (χ0) is 18.0. The van der Waals surface area contributed by atoms with Gasteiger partial charge in [-0.3, -0.25) is 14.9 Å². The van der Waals surface area contributed by atoms with Gasteiger partial charge in [0, 0.05) is 47.3 Å². The molecule has 0 radical (unpaired) electrons. The van der Waals surface area contributed by atoms with Gasteiger partial charge in [0.05, 0.1) is 4.92 Å². The Morgan fingerprint density at radius 1 is 1.08 bits per heavy atom. The Bertz CT molecular complexity index is 805. The predicted molar refractivity (Wildman–Crippen MR) is 100 cm³/mol. The van der Waals surface area contributed by atoms with E-state index in [9.17, 15) is 14.9 Å². The van der Waals surface area contributed by atoms with Crippen molar-refractivity contribution < 1.29 is 9.72 Å². The second-order valence-corrected chi connectivity index (χ2v) is 7.03. The number of hydrogen-bond acceptors (Lipinski definition) is 4. The summed E-state index contributed by atoms with van der Waals surface area (Å²) < 4.78 is 0.920. The molecule has 0 saturated carbocycles. The molecular weight excluding hydrogens is 410 g/mol. The van der Waals surface area contributed by atoms with Crippen molar-refractivity contribution >= 4 is 44.8 Å². The smallest absolute Gasteiger partial charge is 0.294 e. The van der Waals surface area contributed by atoms with Crippen LogP contribution in [0.1, 0.15) is 10.4 Å². The molecule has 0 spiro atoms. The maximum absolute atomic E-state index is 12.5. The van der Waals surface area contributed by atoms with Gasteiger partial charge in [-0.15, -0.1) is 0 Å². The first-order valence-corrected chi connectivity index (χ1v) is 8.86. The van der Waals surface area contributed by atoms with E-state index >= 15 is 0 Å². The second kappa shape index (κ2) is 7.41. The SMILES string of the molecule is O=C(c1ccc(Br)cc1)N1CCN(c2ccc(Cl)cc2[N+](=O)[O-])CC1. The zero-order valence-electron chi connectivity index (χ0n) is 13.2. The molecule has 0 bridgehead atoms. The Morgan fingerprint density at radius 2 is 1.72 bits per heavy atom. The molecule has 25 heavy (non-hydrogen) atoms. The minimum absolute atomic E-state index is 0.0137. The molecule has 1 amide bonds. The third-order valence-electron chi connectivity index (χ3n) is 4.13. The van der Waals surface area contributed by atoms with Gasteiger partial charge in [-0.2, -0.15) is 0 Å². The highest BCUT2D eigenvalue weighted by Gasteiger charge is 2.26. The van der Waals surface area contributed by atoms with E-state index in [4.69, 9.17) is 11.6 Å². The lowest BCUT2D eigenvalue weighted by Gasteiger charge is -2.35. The Hall–Kier alpha value is -2.12. The largest absolute Gasteiger partial charge is 0.362 e. The first-order chi connectivity index (χ1) is 12.0. The van der Waals surface area contributed by atoms with Gasteiger partial charge >= 0.3 is 0 Å². The van der Waals surface area contributed by atoms with Crippen molar-refractivity contribution in [1.82, 2.24) is 4.90 Å². The van der Waals surface area contributed by atoms with Crippen LogP contribution in [0.25, 0.3) is 0 Å². The molecule has 0 aromatic heterocycles. The summed E-state index contributed by atoms with van der Waals surface area (Å²) in [5.41, 5.74) is 1.15. The number of nitrogens with zero attached hydrogens (tertiary/aromatic N) is 3. The van der Waals surface area contributed by atoms with Crippen molar-refractivity contribution in [3.05, 3.63) is 67.6 Å². The second-order valence-electron chi connectivity index (χ2n) is 5.68. The van der Waals surface area contributed by atoms with Gasteiger partial charge in [-0.05, 0) is 36.4 Å². The fraction of sp³-hybridized carbons (Fsp3) is 0.235. The maximum Gasteiger partial charge on any atom is 0.294 e. The summed E-state index contributed by atoms with van der Waals surface area (Å²) in [6, 6.07) is 11.9. The van der Waals surface area contributed by atoms with E-state index in [2.05, 4.69) is 15.9 Å². The van der Waals surface area contributed by atoms with Crippen molar-refractivity contribution in [1.29, 1.82) is 0 Å². The number of carbonyl (C=O) groups is 1. The maximum atomic E-state index is 12.5. The molecule has 3 rings (SSSR count). The molecule has 2 aromatic rings. The number of hydrogen-bond donors (Lipinski definition) is 0. The van der Waals surface area contributed by atoms with Crippen LogP contribution in [0, 0.1) is 10.1 Å². The van der Waals surface area contributed by atoms with Crippen molar-refractivity contribution in [2.45, 2.75) is 0 Å². The molecule has 0 unspecified atom stereocenters. The third-order valence-corrected chi connectivity index (χ3v) is 4.90. The lowest BCUT2D eigenvalue weighted by molar-refractivity contribution is -0.384. The molecule has 6 nitrogen and oxygen atoms in total. The van der Waals surface area contributed by atoms with Crippen molar-refractivity contribution in [2.24, 2.45) is 0 Å². The molecule has 0 atom stereocenters. The van der Waals surface area contributed by atoms with E-state index in [0.29, 0.717) is 42.5 Å². The van der Waals surface area contributed by atoms with E-state index in [0.717, 1.165) is 4.47 Å². The highest BCUT2D eigenvalue weighted by molar-refractivity contribution is 9.10. The molecular formula is C17H15BrClN3O3. The van der Waals surface area contributed by atoms with E-state index in [1.54, 1.807) is 29.2 Å². The summed E-state index contributed by atoms with van der Waals surface area (Å²) in [6.07, 6.45) is 0. The van der Waals surface area contributed by atoms with Gasteiger partial charge in [0.15, 0.2) is 0 Å². The zero-order valence-corrected chi connectivity index (χ0v) is 15.5. The predicted octanol–water partition coefficient (Wildman–Crippen LogP) is 3.97. The Labute approximate surface area is 158 Å². The number of benzene rings is 2. The average molecular weight is 425 g/mol. The van der Waals surface area contributed by atoms with Crippen LogP contribution >= 0.6 is 27.5 Å². The molecule has 1 fully saturated rings. The number of amides is 1. The quantitative estimate of drug-likeness (QED) is 0.552. The fourth-order valence-corrected chi connectivity index (χ4v) is 3.27. The minimum Gasteiger partial charge on any atom is -0.362 e. The van der Waals surface area contributed by atoms with Gasteiger partial charge in [0.1, 0.15) is 5.69 Å². The summed E-state index contributed by atoms with van der Waals surface area (Å²) in [5.74, 6) is -0.0299. The van der Waals surface area contributed by atoms with Crippen molar-refractivity contribution in [2.75, 3.05) is 31.1 Å². The normalized spacial score (nSPS) is 14.5. The first kappa shape index (κ1) is 17.7. The molecule has 8 heteroatoms. The third kappa shape index (κ3) is 3.93. The average Bonchev–Trinajstić information content (AvgIpc) is 2.62. The molecule has 1 saturated heterocycles. The summed E-state index contributed by atoms with van der Waals surface area (Å²) in [7, 11) is 0. The van der Waals surface area contributed by atoms with E-state index < -0.39 is 4.92 Å². The summed E-state index contributed by atoms with van der Waals surface area (Å²) >= 11 is 9.22. The number of nitro groups is 1. The van der Waals surface area contributed by atoms with Crippen LogP contribution in [-0.4, -0.2) is 41.9 Å². The van der Waals surface area contributed by atoms with Crippen LogP contribution in [0.3, 0.4) is 0 Å². The lowest BCUT2D eigenvalue weighted by atomic mass is 10.1. The van der Waals surface area contributed by atoms with Crippen molar-refractivity contribution in [3.8, 4) is 0 Å². The molecule has 0 aliphatic carbocycles. The van der Waals surface area contributed by atoms with Crippen LogP contribution in [0.15, 0.2) is 46.9 Å². The number of piperazine rings is 1. The van der Waals surface area contributed by atoms with E-state index in [1.807, 2.05) is 17.0 Å². The Morgan fingerprint density at radius 3 is 2.32 bits per heavy atom. The standard InChI is InChI=1S/C17H15BrClN3O3/c18-13-3-1-12(2-4-13)17(23)21-9-7-20(8-10-21)15-6-5-14(19)11-16(15)22(24)25/h1-6,11H,7-10H2. The summed E-state index contributed by atoms with van der Waals surface area (Å²) in [6.45, 7) is 2.08. The van der Waals surface area contributed by atoms with E-state index in [1.165, 1.54) is 6.07 Å². The van der Waals surface area contributed by atoms with Gasteiger partial charge in [0.2, 0.25) is 0 Å². The summed E-state index contributed by atoms with van der Waals surface area (Å²) in [5, 5.41) is 11.6. The first-order valence-electron chi connectivity index (χ1n) is 7.69. The molecule has 1 aliphatic rings. The van der Waals surface area contributed by atoms with Gasteiger partial charge in [0.25, 0.3) is 11.6 Å². The highest BCUT2D eigenvalue weighted by atomic mass is 79.9. The van der Waals surface area contributed by atoms with Crippen LogP contribution < -0.4 is 4.90 Å². The van der Waals surface area contributed by atoms with E-state index in [-0.39, 0.29) is 11.6 Å². The fourth-order valence-electron chi connectivity index (χ4n) is 2.84. The van der Waals surface area contributed by atoms with Crippen LogP contribution in [0.2, 0.25) is 5.02 Å². The Balaban J connectivity index is 1.71. The highest BCUT2D eigenvalue weighted by Crippen LogP contribution is 2.31. The molecule has 0 N–H and O–H groups in total. The van der Waals surface area contributed by atoms with Crippen LogP contribution in [0.5, 0.6) is 0 Å². The number of halogens is 2. The monoisotopic (exact) mass is 423 g/mol. The Kier molecular flexibility index (Phi) is 5.24. The van der Waals surface area contributed by atoms with Crippen molar-refractivity contribution in [3.63, 3.8) is 0 Å². The van der Waals surface area contributed by atoms with Crippen LogP contribution in [0.4, 0.5) is 11.4 Å². The minimum atomic E-state index is -0.430. The van der Waals surface area contributed by atoms with Crippen LogP contribution in [-0.2, 0) is 0 Å². The molecule has 130 valence electrons. The summed E-state index contributed by atoms with van der Waals surface area (Å²) in [4.78, 5) is 27.0. The number of anilines is 1. The van der Waals surface area contributed by atoms with Gasteiger partial charge < -0.3 is 9.80 Å². The van der Waals surface area contributed by atoms with Gasteiger partial charge in [-0.25, -0.2) is 0 Å². The number of carbonyl (C=O) groups excluding carboxylic acids is 1. The topological polar surface area (TPSA) is 66.7 Å². The number of rotatable bonds is 3. The van der Waals surface area contributed by atoms with Gasteiger partial charge in [-0.1, -0.05) is 27.5 Å².